The van der Waals surface area contributed by atoms with Crippen LogP contribution in [0.4, 0.5) is 5.69 Å². The van der Waals surface area contributed by atoms with Crippen molar-refractivity contribution in [2.75, 3.05) is 30.7 Å². The van der Waals surface area contributed by atoms with Gasteiger partial charge in [-0.25, -0.2) is 4.99 Å². The molecule has 5 nitrogen and oxygen atoms in total. The molecule has 0 unspecified atom stereocenters. The van der Waals surface area contributed by atoms with E-state index in [-0.39, 0.29) is 11.7 Å². The lowest BCUT2D eigenvalue weighted by atomic mass is 9.98. The molecule has 1 N–H and O–H groups in total. The minimum absolute atomic E-state index is 0.0499. The third-order valence-corrected chi connectivity index (χ3v) is 6.67. The number of thioether (sulfide) groups is 1. The topological polar surface area (TPSA) is 57.1 Å². The quantitative estimate of drug-likeness (QED) is 0.731. The van der Waals surface area contributed by atoms with Crippen molar-refractivity contribution in [2.24, 2.45) is 9.98 Å². The van der Waals surface area contributed by atoms with Crippen molar-refractivity contribution in [3.05, 3.63) is 65.2 Å². The number of rotatable bonds is 5. The Morgan fingerprint density at radius 1 is 1.10 bits per heavy atom. The van der Waals surface area contributed by atoms with Gasteiger partial charge in [0, 0.05) is 42.2 Å². The third kappa shape index (κ3) is 4.94. The predicted molar refractivity (Wildman–Crippen MR) is 127 cm³/mol. The van der Waals surface area contributed by atoms with E-state index in [9.17, 15) is 4.79 Å². The van der Waals surface area contributed by atoms with Crippen molar-refractivity contribution in [1.82, 2.24) is 4.90 Å². The summed E-state index contributed by atoms with van der Waals surface area (Å²) in [5, 5.41) is 4.46. The largest absolute Gasteiger partial charge is 0.325 e. The van der Waals surface area contributed by atoms with Crippen molar-refractivity contribution in [1.29, 1.82) is 0 Å². The molecule has 7 heteroatoms. The van der Waals surface area contributed by atoms with Crippen LogP contribution < -0.4 is 5.32 Å². The number of anilines is 1. The maximum atomic E-state index is 12.5. The fourth-order valence-electron chi connectivity index (χ4n) is 3.72. The zero-order valence-electron chi connectivity index (χ0n) is 17.0. The SMILES string of the molecule is CCN1CCC2(CC1)N=C(SCC(=O)Nc1ccccc1)C(c1ccc(Cl)cc1)=N2. The first-order valence-electron chi connectivity index (χ1n) is 10.2. The smallest absolute Gasteiger partial charge is 0.234 e. The number of likely N-dealkylation sites (tertiary alicyclic amines) is 1. The molecule has 1 spiro atoms. The van der Waals surface area contributed by atoms with Gasteiger partial charge in [-0.3, -0.25) is 9.79 Å². The molecule has 0 bridgehead atoms. The molecule has 30 heavy (non-hydrogen) atoms. The highest BCUT2D eigenvalue weighted by Crippen LogP contribution is 2.35. The lowest BCUT2D eigenvalue weighted by molar-refractivity contribution is -0.113. The Kier molecular flexibility index (Phi) is 6.56. The number of carbonyl (C=O) groups is 1. The van der Waals surface area contributed by atoms with E-state index in [1.165, 1.54) is 11.8 Å². The van der Waals surface area contributed by atoms with Gasteiger partial charge in [-0.05, 0) is 30.8 Å². The first-order valence-corrected chi connectivity index (χ1v) is 11.6. The molecule has 2 aliphatic heterocycles. The number of nitrogens with zero attached hydrogens (tertiary/aromatic N) is 3. The molecular weight excluding hydrogens is 416 g/mol. The van der Waals surface area contributed by atoms with E-state index in [0.29, 0.717) is 5.02 Å². The van der Waals surface area contributed by atoms with E-state index in [4.69, 9.17) is 21.6 Å². The van der Waals surface area contributed by atoms with E-state index in [1.54, 1.807) is 0 Å². The maximum absolute atomic E-state index is 12.5. The van der Waals surface area contributed by atoms with Crippen molar-refractivity contribution in [3.8, 4) is 0 Å². The fourth-order valence-corrected chi connectivity index (χ4v) is 4.72. The number of carbonyl (C=O) groups excluding carboxylic acids is 1. The molecule has 0 atom stereocenters. The first-order chi connectivity index (χ1) is 14.6. The second-order valence-corrected chi connectivity index (χ2v) is 8.90. The molecule has 1 saturated heterocycles. The number of piperidine rings is 1. The van der Waals surface area contributed by atoms with E-state index in [0.717, 1.165) is 54.5 Å². The number of benzene rings is 2. The Labute approximate surface area is 186 Å². The van der Waals surface area contributed by atoms with Gasteiger partial charge in [-0.15, -0.1) is 0 Å². The van der Waals surface area contributed by atoms with Crippen LogP contribution in [0.25, 0.3) is 0 Å². The first kappa shape index (κ1) is 21.1. The Morgan fingerprint density at radius 3 is 2.47 bits per heavy atom. The minimum atomic E-state index is -0.404. The number of nitrogens with one attached hydrogen (secondary N) is 1. The van der Waals surface area contributed by atoms with Crippen LogP contribution in [0.2, 0.25) is 5.02 Å². The number of para-hydroxylation sites is 1. The fraction of sp³-hybridized carbons (Fsp3) is 0.348. The lowest BCUT2D eigenvalue weighted by Gasteiger charge is -2.34. The number of hydrogen-bond acceptors (Lipinski definition) is 5. The average Bonchev–Trinajstić information content (AvgIpc) is 3.12. The van der Waals surface area contributed by atoms with Gasteiger partial charge in [-0.2, -0.15) is 0 Å². The average molecular weight is 441 g/mol. The van der Waals surface area contributed by atoms with Crippen LogP contribution in [0, 0.1) is 0 Å². The highest BCUT2D eigenvalue weighted by Gasteiger charge is 2.39. The number of halogens is 1. The van der Waals surface area contributed by atoms with Gasteiger partial charge in [0.05, 0.1) is 11.5 Å². The standard InChI is InChI=1S/C23H25ClN4OS/c1-2-28-14-12-23(13-15-28)26-21(17-8-10-18(24)11-9-17)22(27-23)30-16-20(29)25-19-6-4-3-5-7-19/h3-11H,2,12-16H2,1H3,(H,25,29). The second kappa shape index (κ2) is 9.33. The van der Waals surface area contributed by atoms with Crippen LogP contribution >= 0.6 is 23.4 Å². The van der Waals surface area contributed by atoms with Crippen molar-refractivity contribution in [3.63, 3.8) is 0 Å². The zero-order chi connectivity index (χ0) is 21.0. The number of amides is 1. The molecule has 2 aromatic carbocycles. The molecule has 0 aliphatic carbocycles. The summed E-state index contributed by atoms with van der Waals surface area (Å²) in [6, 6.07) is 17.2. The molecule has 2 aliphatic rings. The van der Waals surface area contributed by atoms with Gasteiger partial charge in [0.1, 0.15) is 5.04 Å². The van der Waals surface area contributed by atoms with Gasteiger partial charge in [-0.1, -0.05) is 60.6 Å². The molecule has 1 amide bonds. The Bertz CT molecular complexity index is 951. The molecule has 2 aromatic rings. The summed E-state index contributed by atoms with van der Waals surface area (Å²) in [5.74, 6) is 0.239. The molecular formula is C23H25ClN4OS. The molecule has 2 heterocycles. The van der Waals surface area contributed by atoms with E-state index < -0.39 is 5.66 Å². The summed E-state index contributed by atoms with van der Waals surface area (Å²) in [4.78, 5) is 25.0. The van der Waals surface area contributed by atoms with Crippen molar-refractivity contribution in [2.45, 2.75) is 25.4 Å². The lowest BCUT2D eigenvalue weighted by Crippen LogP contribution is -2.41. The summed E-state index contributed by atoms with van der Waals surface area (Å²) in [6.45, 7) is 5.22. The predicted octanol–water partition coefficient (Wildman–Crippen LogP) is 4.73. The van der Waals surface area contributed by atoms with E-state index in [2.05, 4.69) is 17.1 Å². The molecule has 0 saturated carbocycles. The van der Waals surface area contributed by atoms with Gasteiger partial charge in [0.2, 0.25) is 5.91 Å². The number of hydrogen-bond donors (Lipinski definition) is 1. The van der Waals surface area contributed by atoms with Crippen LogP contribution in [-0.2, 0) is 4.79 Å². The second-order valence-electron chi connectivity index (χ2n) is 7.50. The summed E-state index contributed by atoms with van der Waals surface area (Å²) in [6.07, 6.45) is 1.80. The summed E-state index contributed by atoms with van der Waals surface area (Å²) in [7, 11) is 0. The van der Waals surface area contributed by atoms with Gasteiger partial charge >= 0.3 is 0 Å². The molecule has 0 radical (unpaired) electrons. The molecule has 4 rings (SSSR count). The minimum Gasteiger partial charge on any atom is -0.325 e. The van der Waals surface area contributed by atoms with Crippen LogP contribution in [0.15, 0.2) is 64.6 Å². The third-order valence-electron chi connectivity index (χ3n) is 5.45. The monoisotopic (exact) mass is 440 g/mol. The number of aliphatic imine (C=N–C) groups is 2. The molecule has 1 fully saturated rings. The summed E-state index contributed by atoms with van der Waals surface area (Å²) in [5.41, 5.74) is 2.25. The molecule has 156 valence electrons. The van der Waals surface area contributed by atoms with Crippen molar-refractivity contribution < 1.29 is 4.79 Å². The van der Waals surface area contributed by atoms with Crippen LogP contribution in [-0.4, -0.2) is 52.6 Å². The van der Waals surface area contributed by atoms with Crippen LogP contribution in [0.5, 0.6) is 0 Å². The molecule has 0 aromatic heterocycles. The van der Waals surface area contributed by atoms with Crippen molar-refractivity contribution >= 4 is 45.7 Å². The van der Waals surface area contributed by atoms with Gasteiger partial charge in [0.25, 0.3) is 0 Å². The maximum Gasteiger partial charge on any atom is 0.234 e. The van der Waals surface area contributed by atoms with E-state index >= 15 is 0 Å². The summed E-state index contributed by atoms with van der Waals surface area (Å²) < 4.78 is 0. The van der Waals surface area contributed by atoms with Crippen LogP contribution in [0.3, 0.4) is 0 Å². The van der Waals surface area contributed by atoms with E-state index in [1.807, 2.05) is 54.6 Å². The Morgan fingerprint density at radius 2 is 1.80 bits per heavy atom. The highest BCUT2D eigenvalue weighted by atomic mass is 35.5. The van der Waals surface area contributed by atoms with Crippen LogP contribution in [0.1, 0.15) is 25.3 Å². The zero-order valence-corrected chi connectivity index (χ0v) is 18.5. The van der Waals surface area contributed by atoms with Gasteiger partial charge in [0.15, 0.2) is 5.66 Å². The summed E-state index contributed by atoms with van der Waals surface area (Å²) >= 11 is 7.53. The Hall–Kier alpha value is -2.15. The Balaban J connectivity index is 1.51. The normalized spacial score (nSPS) is 18.2. The van der Waals surface area contributed by atoms with Gasteiger partial charge < -0.3 is 10.2 Å². The highest BCUT2D eigenvalue weighted by molar-refractivity contribution is 8.16.